The van der Waals surface area contributed by atoms with Crippen LogP contribution in [0.4, 0.5) is 10.5 Å². The van der Waals surface area contributed by atoms with Crippen molar-refractivity contribution < 1.29 is 4.79 Å². The first-order chi connectivity index (χ1) is 12.1. The molecule has 0 bridgehead atoms. The molecule has 6 heteroatoms. The number of aromatic nitrogens is 2. The lowest BCUT2D eigenvalue weighted by Gasteiger charge is -2.17. The summed E-state index contributed by atoms with van der Waals surface area (Å²) in [5.41, 5.74) is 1.64. The Morgan fingerprint density at radius 1 is 1.12 bits per heavy atom. The normalized spacial score (nSPS) is 16.9. The minimum absolute atomic E-state index is 0.212. The molecule has 0 radical (unpaired) electrons. The first-order valence-electron chi connectivity index (χ1n) is 8.98. The smallest absolute Gasteiger partial charge is 0.319 e. The molecule has 0 spiro atoms. The van der Waals surface area contributed by atoms with Crippen LogP contribution < -0.4 is 16.2 Å². The number of nitrogens with zero attached hydrogens (tertiary/aromatic N) is 2. The summed E-state index contributed by atoms with van der Waals surface area (Å²) in [6.07, 6.45) is 4.80. The summed E-state index contributed by atoms with van der Waals surface area (Å²) in [6.45, 7) is 1.84. The summed E-state index contributed by atoms with van der Waals surface area (Å²) < 4.78 is 3.34. The van der Waals surface area contributed by atoms with Crippen LogP contribution in [0, 0.1) is 18.8 Å². The van der Waals surface area contributed by atoms with E-state index in [1.807, 2.05) is 44.3 Å². The minimum atomic E-state index is -0.269. The molecule has 4 rings (SSSR count). The van der Waals surface area contributed by atoms with Crippen LogP contribution in [-0.2, 0) is 7.05 Å². The number of urea groups is 1. The Morgan fingerprint density at radius 3 is 2.28 bits per heavy atom. The van der Waals surface area contributed by atoms with Crippen LogP contribution in [0.2, 0.25) is 0 Å². The zero-order valence-electron chi connectivity index (χ0n) is 14.7. The molecule has 132 valence electrons. The lowest BCUT2D eigenvalue weighted by Crippen LogP contribution is -2.41. The maximum Gasteiger partial charge on any atom is 0.319 e. The van der Waals surface area contributed by atoms with E-state index in [-0.39, 0.29) is 17.6 Å². The average Bonchev–Trinajstić information content (AvgIpc) is 3.50. The predicted molar refractivity (Wildman–Crippen MR) is 97.1 cm³/mol. The Bertz CT molecular complexity index is 832. The molecule has 0 saturated heterocycles. The van der Waals surface area contributed by atoms with Crippen molar-refractivity contribution in [1.82, 2.24) is 14.7 Å². The van der Waals surface area contributed by atoms with Gasteiger partial charge in [0, 0.05) is 13.1 Å². The fourth-order valence-electron chi connectivity index (χ4n) is 3.54. The van der Waals surface area contributed by atoms with Crippen LogP contribution in [0.25, 0.3) is 5.69 Å². The van der Waals surface area contributed by atoms with E-state index in [4.69, 9.17) is 0 Å². The maximum atomic E-state index is 12.8. The van der Waals surface area contributed by atoms with Gasteiger partial charge < -0.3 is 10.6 Å². The topological polar surface area (TPSA) is 68.1 Å². The van der Waals surface area contributed by atoms with Crippen molar-refractivity contribution in [3.05, 3.63) is 46.4 Å². The first kappa shape index (κ1) is 16.0. The zero-order chi connectivity index (χ0) is 17.6. The molecular weight excluding hydrogens is 316 g/mol. The van der Waals surface area contributed by atoms with Gasteiger partial charge in [-0.25, -0.2) is 9.48 Å². The average molecular weight is 340 g/mol. The van der Waals surface area contributed by atoms with E-state index in [2.05, 4.69) is 10.6 Å². The summed E-state index contributed by atoms with van der Waals surface area (Å²) >= 11 is 0. The SMILES string of the molecule is Cc1c(NC(=O)NC(C2CC2)C2CC2)c(=O)n(-c2ccccc2)n1C. The number of nitrogens with one attached hydrogen (secondary N) is 2. The number of benzene rings is 1. The van der Waals surface area contributed by atoms with Gasteiger partial charge in [-0.15, -0.1) is 0 Å². The number of hydrogen-bond acceptors (Lipinski definition) is 2. The van der Waals surface area contributed by atoms with E-state index in [0.29, 0.717) is 17.5 Å². The van der Waals surface area contributed by atoms with Crippen molar-refractivity contribution in [1.29, 1.82) is 0 Å². The Kier molecular flexibility index (Phi) is 3.90. The molecule has 1 aromatic heterocycles. The van der Waals surface area contributed by atoms with Crippen molar-refractivity contribution in [2.24, 2.45) is 18.9 Å². The number of rotatable bonds is 5. The van der Waals surface area contributed by atoms with Crippen LogP contribution in [-0.4, -0.2) is 21.4 Å². The molecule has 6 nitrogen and oxygen atoms in total. The van der Waals surface area contributed by atoms with Crippen LogP contribution in [0.1, 0.15) is 31.4 Å². The molecule has 2 saturated carbocycles. The van der Waals surface area contributed by atoms with Crippen LogP contribution in [0.3, 0.4) is 0 Å². The van der Waals surface area contributed by atoms with Crippen molar-refractivity contribution in [3.8, 4) is 5.69 Å². The van der Waals surface area contributed by atoms with Gasteiger partial charge in [-0.3, -0.25) is 9.48 Å². The quantitative estimate of drug-likeness (QED) is 0.879. The molecule has 0 aliphatic heterocycles. The highest BCUT2D eigenvalue weighted by Gasteiger charge is 2.42. The van der Waals surface area contributed by atoms with Gasteiger partial charge >= 0.3 is 6.03 Å². The molecule has 0 atom stereocenters. The summed E-state index contributed by atoms with van der Waals surface area (Å²) in [4.78, 5) is 25.3. The van der Waals surface area contributed by atoms with Gasteiger partial charge in [-0.1, -0.05) is 18.2 Å². The number of hydrogen-bond donors (Lipinski definition) is 2. The van der Waals surface area contributed by atoms with E-state index >= 15 is 0 Å². The highest BCUT2D eigenvalue weighted by Crippen LogP contribution is 2.44. The van der Waals surface area contributed by atoms with Gasteiger partial charge in [-0.2, -0.15) is 0 Å². The van der Waals surface area contributed by atoms with Crippen LogP contribution in [0.15, 0.2) is 35.1 Å². The fraction of sp³-hybridized carbons (Fsp3) is 0.474. The molecule has 2 N–H and O–H groups in total. The second-order valence-electron chi connectivity index (χ2n) is 7.24. The second-order valence-corrected chi connectivity index (χ2v) is 7.24. The summed E-state index contributed by atoms with van der Waals surface area (Å²) in [6, 6.07) is 9.43. The number of para-hydroxylation sites is 1. The fourth-order valence-corrected chi connectivity index (χ4v) is 3.54. The molecule has 1 heterocycles. The Hall–Kier alpha value is -2.50. The summed E-state index contributed by atoms with van der Waals surface area (Å²) in [5, 5.41) is 5.91. The zero-order valence-corrected chi connectivity index (χ0v) is 14.7. The first-order valence-corrected chi connectivity index (χ1v) is 8.98. The van der Waals surface area contributed by atoms with Crippen molar-refractivity contribution in [2.45, 2.75) is 38.6 Å². The van der Waals surface area contributed by atoms with E-state index in [1.165, 1.54) is 25.7 Å². The molecule has 2 aliphatic rings. The number of anilines is 1. The van der Waals surface area contributed by atoms with Gasteiger partial charge in [-0.05, 0) is 56.6 Å². The lowest BCUT2D eigenvalue weighted by molar-refractivity contribution is 0.245. The number of amides is 2. The standard InChI is InChI=1S/C19H24N4O2/c1-12-16(18(24)23(22(12)2)15-6-4-3-5-7-15)20-19(25)21-17(13-8-9-13)14-10-11-14/h3-7,13-14,17H,8-11H2,1-2H3,(H2,20,21,25). The van der Waals surface area contributed by atoms with Crippen molar-refractivity contribution in [2.75, 3.05) is 5.32 Å². The third-order valence-corrected chi connectivity index (χ3v) is 5.35. The molecule has 0 unspecified atom stereocenters. The van der Waals surface area contributed by atoms with E-state index in [9.17, 15) is 9.59 Å². The van der Waals surface area contributed by atoms with E-state index in [1.54, 1.807) is 9.36 Å². The third kappa shape index (κ3) is 3.08. The Labute approximate surface area is 146 Å². The molecule has 1 aromatic carbocycles. The largest absolute Gasteiger partial charge is 0.335 e. The third-order valence-electron chi connectivity index (χ3n) is 5.35. The minimum Gasteiger partial charge on any atom is -0.335 e. The van der Waals surface area contributed by atoms with Gasteiger partial charge in [0.2, 0.25) is 0 Å². The number of carbonyl (C=O) groups excluding carboxylic acids is 1. The number of carbonyl (C=O) groups is 1. The Balaban J connectivity index is 1.56. The molecule has 25 heavy (non-hydrogen) atoms. The highest BCUT2D eigenvalue weighted by atomic mass is 16.2. The molecule has 2 amide bonds. The molecule has 2 fully saturated rings. The van der Waals surface area contributed by atoms with Gasteiger partial charge in [0.15, 0.2) is 0 Å². The summed E-state index contributed by atoms with van der Waals surface area (Å²) in [7, 11) is 1.82. The van der Waals surface area contributed by atoms with Gasteiger partial charge in [0.05, 0.1) is 11.4 Å². The van der Waals surface area contributed by atoms with Crippen molar-refractivity contribution in [3.63, 3.8) is 0 Å². The van der Waals surface area contributed by atoms with Crippen LogP contribution in [0.5, 0.6) is 0 Å². The lowest BCUT2D eigenvalue weighted by atomic mass is 10.1. The summed E-state index contributed by atoms with van der Waals surface area (Å²) in [5.74, 6) is 1.24. The van der Waals surface area contributed by atoms with Gasteiger partial charge in [0.25, 0.3) is 5.56 Å². The highest BCUT2D eigenvalue weighted by molar-refractivity contribution is 5.90. The van der Waals surface area contributed by atoms with Gasteiger partial charge in [0.1, 0.15) is 5.69 Å². The molecular formula is C19H24N4O2. The second kappa shape index (κ2) is 6.10. The molecule has 2 aromatic rings. The Morgan fingerprint density at radius 2 is 1.72 bits per heavy atom. The van der Waals surface area contributed by atoms with E-state index in [0.717, 1.165) is 11.4 Å². The maximum absolute atomic E-state index is 12.8. The van der Waals surface area contributed by atoms with Crippen molar-refractivity contribution >= 4 is 11.7 Å². The monoisotopic (exact) mass is 340 g/mol. The van der Waals surface area contributed by atoms with E-state index < -0.39 is 0 Å². The van der Waals surface area contributed by atoms with Crippen LogP contribution >= 0.6 is 0 Å². The molecule has 2 aliphatic carbocycles. The predicted octanol–water partition coefficient (Wildman–Crippen LogP) is 2.79.